The molecular weight excluding hydrogens is 287 g/mol. The molecule has 0 heterocycles. The molecule has 0 saturated heterocycles. The van der Waals surface area contributed by atoms with Crippen molar-refractivity contribution in [1.29, 1.82) is 0 Å². The van der Waals surface area contributed by atoms with Gasteiger partial charge >= 0.3 is 0 Å². The summed E-state index contributed by atoms with van der Waals surface area (Å²) in [6.45, 7) is 2.22. The van der Waals surface area contributed by atoms with Gasteiger partial charge in [-0.2, -0.15) is 0 Å². The summed E-state index contributed by atoms with van der Waals surface area (Å²) in [6.07, 6.45) is 7.46. The van der Waals surface area contributed by atoms with Gasteiger partial charge in [-0.3, -0.25) is 0 Å². The zero-order valence-corrected chi connectivity index (χ0v) is 13.9. The van der Waals surface area contributed by atoms with Crippen molar-refractivity contribution in [2.75, 3.05) is 7.11 Å². The van der Waals surface area contributed by atoms with Crippen LogP contribution in [0.3, 0.4) is 0 Å². The normalized spacial score (nSPS) is 13.4. The third-order valence-electron chi connectivity index (χ3n) is 4.57. The minimum absolute atomic E-state index is 0.276. The van der Waals surface area contributed by atoms with Gasteiger partial charge in [0.25, 0.3) is 0 Å². The monoisotopic (exact) mass is 310 g/mol. The zero-order valence-electron chi connectivity index (χ0n) is 13.9. The van der Waals surface area contributed by atoms with Crippen molar-refractivity contribution in [3.63, 3.8) is 0 Å². The highest BCUT2D eigenvalue weighted by molar-refractivity contribution is 5.71. The van der Waals surface area contributed by atoms with E-state index in [1.54, 1.807) is 6.07 Å². The zero-order chi connectivity index (χ0) is 16.2. The van der Waals surface area contributed by atoms with Gasteiger partial charge in [0.05, 0.1) is 7.11 Å². The minimum atomic E-state index is -0.276. The van der Waals surface area contributed by atoms with Crippen LogP contribution in [0.4, 0.5) is 4.39 Å². The molecule has 0 aliphatic heterocycles. The van der Waals surface area contributed by atoms with E-state index in [-0.39, 0.29) is 5.82 Å². The van der Waals surface area contributed by atoms with E-state index in [0.29, 0.717) is 5.75 Å². The van der Waals surface area contributed by atoms with E-state index in [0.717, 1.165) is 30.4 Å². The summed E-state index contributed by atoms with van der Waals surface area (Å²) in [5.74, 6) is 0.0586. The van der Waals surface area contributed by atoms with Crippen LogP contribution < -0.4 is 4.74 Å². The highest BCUT2D eigenvalue weighted by atomic mass is 19.1. The Bertz CT molecular complexity index is 713. The van der Waals surface area contributed by atoms with E-state index in [1.165, 1.54) is 36.7 Å². The molecular formula is C21H23FO. The van der Waals surface area contributed by atoms with Gasteiger partial charge in [0, 0.05) is 0 Å². The fraction of sp³-hybridized carbons (Fsp3) is 0.333. The molecule has 0 aromatic heterocycles. The summed E-state index contributed by atoms with van der Waals surface area (Å²) in [6, 6.07) is 12.3. The van der Waals surface area contributed by atoms with Gasteiger partial charge in [-0.05, 0) is 65.6 Å². The first-order valence-corrected chi connectivity index (χ1v) is 8.35. The summed E-state index contributed by atoms with van der Waals surface area (Å²) < 4.78 is 19.0. The van der Waals surface area contributed by atoms with Crippen molar-refractivity contribution in [3.8, 4) is 5.75 Å². The van der Waals surface area contributed by atoms with Gasteiger partial charge in [-0.25, -0.2) is 4.39 Å². The summed E-state index contributed by atoms with van der Waals surface area (Å²) in [5.41, 5.74) is 6.14. The van der Waals surface area contributed by atoms with E-state index < -0.39 is 0 Å². The van der Waals surface area contributed by atoms with Crippen LogP contribution in [0.2, 0.25) is 0 Å². The van der Waals surface area contributed by atoms with Crippen LogP contribution in [0.1, 0.15) is 42.0 Å². The van der Waals surface area contributed by atoms with Gasteiger partial charge in [-0.15, -0.1) is 0 Å². The second-order valence-electron chi connectivity index (χ2n) is 6.17. The maximum atomic E-state index is 13.9. The van der Waals surface area contributed by atoms with Crippen molar-refractivity contribution < 1.29 is 9.13 Å². The van der Waals surface area contributed by atoms with Crippen LogP contribution in [0.15, 0.2) is 42.5 Å². The van der Waals surface area contributed by atoms with Crippen LogP contribution >= 0.6 is 0 Å². The van der Waals surface area contributed by atoms with Gasteiger partial charge in [0.2, 0.25) is 0 Å². The Kier molecular flexibility index (Phi) is 4.80. The minimum Gasteiger partial charge on any atom is -0.494 e. The van der Waals surface area contributed by atoms with Crippen LogP contribution in [0.25, 0.3) is 5.57 Å². The Morgan fingerprint density at radius 2 is 1.87 bits per heavy atom. The number of methoxy groups -OCH3 is 1. The number of allylic oxidation sites excluding steroid dienone is 2. The molecule has 0 amide bonds. The highest BCUT2D eigenvalue weighted by Crippen LogP contribution is 2.31. The van der Waals surface area contributed by atoms with Gasteiger partial charge in [0.15, 0.2) is 11.6 Å². The first kappa shape index (κ1) is 15.8. The molecule has 120 valence electrons. The van der Waals surface area contributed by atoms with Crippen LogP contribution in [-0.4, -0.2) is 7.11 Å². The molecule has 0 N–H and O–H groups in total. The molecule has 0 bridgehead atoms. The smallest absolute Gasteiger partial charge is 0.165 e. The maximum absolute atomic E-state index is 13.9. The van der Waals surface area contributed by atoms with Gasteiger partial charge < -0.3 is 4.74 Å². The molecule has 0 spiro atoms. The molecule has 1 nitrogen and oxygen atoms in total. The Balaban J connectivity index is 1.79. The van der Waals surface area contributed by atoms with Crippen molar-refractivity contribution in [3.05, 3.63) is 70.5 Å². The molecule has 1 aliphatic carbocycles. The SMILES string of the molecule is CCCCc1ccc(C2=CCc3cc(OC)c(F)cc3C2)cc1. The standard InChI is InChI=1S/C21H23FO/c1-3-4-5-15-6-8-16(9-7-15)17-10-11-18-14-21(23-2)20(22)13-19(18)12-17/h6-10,13-14H,3-5,11-12H2,1-2H3. The Morgan fingerprint density at radius 3 is 2.57 bits per heavy atom. The van der Waals surface area contributed by atoms with Crippen LogP contribution in [-0.2, 0) is 19.3 Å². The summed E-state index contributed by atoms with van der Waals surface area (Å²) in [4.78, 5) is 0. The molecule has 2 aromatic carbocycles. The van der Waals surface area contributed by atoms with Crippen molar-refractivity contribution in [2.45, 2.75) is 39.0 Å². The van der Waals surface area contributed by atoms with Crippen molar-refractivity contribution in [2.24, 2.45) is 0 Å². The molecule has 3 rings (SSSR count). The van der Waals surface area contributed by atoms with E-state index in [4.69, 9.17) is 4.74 Å². The fourth-order valence-corrected chi connectivity index (χ4v) is 3.14. The van der Waals surface area contributed by atoms with Crippen molar-refractivity contribution in [1.82, 2.24) is 0 Å². The number of benzene rings is 2. The number of rotatable bonds is 5. The largest absolute Gasteiger partial charge is 0.494 e. The van der Waals surface area contributed by atoms with E-state index in [1.807, 2.05) is 6.07 Å². The first-order valence-electron chi connectivity index (χ1n) is 8.35. The second-order valence-corrected chi connectivity index (χ2v) is 6.17. The number of fused-ring (bicyclic) bond motifs is 1. The lowest BCUT2D eigenvalue weighted by Crippen LogP contribution is -2.05. The van der Waals surface area contributed by atoms with Gasteiger partial charge in [0.1, 0.15) is 0 Å². The summed E-state index contributed by atoms with van der Waals surface area (Å²) >= 11 is 0. The molecule has 2 aromatic rings. The highest BCUT2D eigenvalue weighted by Gasteiger charge is 2.16. The van der Waals surface area contributed by atoms with Gasteiger partial charge in [-0.1, -0.05) is 43.7 Å². The molecule has 23 heavy (non-hydrogen) atoms. The quantitative estimate of drug-likeness (QED) is 0.722. The number of aryl methyl sites for hydroxylation is 1. The number of halogens is 1. The maximum Gasteiger partial charge on any atom is 0.165 e. The lowest BCUT2D eigenvalue weighted by atomic mass is 9.87. The first-order chi connectivity index (χ1) is 11.2. The summed E-state index contributed by atoms with van der Waals surface area (Å²) in [5, 5.41) is 0. The molecule has 0 radical (unpaired) electrons. The fourth-order valence-electron chi connectivity index (χ4n) is 3.14. The van der Waals surface area contributed by atoms with Crippen LogP contribution in [0.5, 0.6) is 5.75 Å². The lowest BCUT2D eigenvalue weighted by molar-refractivity contribution is 0.385. The third-order valence-corrected chi connectivity index (χ3v) is 4.57. The molecule has 1 aliphatic rings. The average molecular weight is 310 g/mol. The van der Waals surface area contributed by atoms with Crippen LogP contribution in [0, 0.1) is 5.82 Å². The predicted octanol–water partition coefficient (Wildman–Crippen LogP) is 5.36. The predicted molar refractivity (Wildman–Crippen MR) is 93.4 cm³/mol. The number of hydrogen-bond donors (Lipinski definition) is 0. The topological polar surface area (TPSA) is 9.23 Å². The van der Waals surface area contributed by atoms with E-state index >= 15 is 0 Å². The Labute approximate surface area is 137 Å². The molecule has 0 atom stereocenters. The summed E-state index contributed by atoms with van der Waals surface area (Å²) in [7, 11) is 1.51. The Morgan fingerprint density at radius 1 is 1.09 bits per heavy atom. The van der Waals surface area contributed by atoms with Crippen molar-refractivity contribution >= 4 is 5.57 Å². The molecule has 0 unspecified atom stereocenters. The second kappa shape index (κ2) is 6.99. The Hall–Kier alpha value is -2.09. The number of ether oxygens (including phenoxy) is 1. The average Bonchev–Trinajstić information content (AvgIpc) is 2.59. The molecule has 0 fully saturated rings. The number of unbranched alkanes of at least 4 members (excludes halogenated alkanes) is 1. The molecule has 2 heteroatoms. The lowest BCUT2D eigenvalue weighted by Gasteiger charge is -2.19. The van der Waals surface area contributed by atoms with E-state index in [2.05, 4.69) is 37.3 Å². The van der Waals surface area contributed by atoms with E-state index in [9.17, 15) is 4.39 Å². The molecule has 0 saturated carbocycles. The number of hydrogen-bond acceptors (Lipinski definition) is 1. The third kappa shape index (κ3) is 3.47.